The molecule has 5 nitrogen and oxygen atoms in total. The maximum Gasteiger partial charge on any atom is 0.245 e. The summed E-state index contributed by atoms with van der Waals surface area (Å²) in [6.07, 6.45) is 2.67. The lowest BCUT2D eigenvalue weighted by molar-refractivity contribution is -0.115. The Bertz CT molecular complexity index is 665. The molecule has 0 spiro atoms. The second kappa shape index (κ2) is 8.17. The zero-order valence-electron chi connectivity index (χ0n) is 12.5. The molecular formula is C16H18BrClN4O. The smallest absolute Gasteiger partial charge is 0.245 e. The van der Waals surface area contributed by atoms with Gasteiger partial charge in [-0.05, 0) is 46.6 Å². The second-order valence-corrected chi connectivity index (χ2v) is 6.04. The van der Waals surface area contributed by atoms with Crippen LogP contribution in [0.4, 0.5) is 17.2 Å². The minimum Gasteiger partial charge on any atom is -0.383 e. The van der Waals surface area contributed by atoms with Crippen LogP contribution in [0.3, 0.4) is 0 Å². The average Bonchev–Trinajstić information content (AvgIpc) is 2.72. The molecule has 2 heterocycles. The van der Waals surface area contributed by atoms with Crippen molar-refractivity contribution in [2.75, 3.05) is 35.2 Å². The molecule has 1 amide bonds. The molecule has 1 aromatic heterocycles. The van der Waals surface area contributed by atoms with Crippen LogP contribution in [0.5, 0.6) is 0 Å². The number of fused-ring (bicyclic) bond motifs is 1. The first-order valence-electron chi connectivity index (χ1n) is 7.21. The Balaban J connectivity index is 0.00000192. The Morgan fingerprint density at radius 3 is 2.91 bits per heavy atom. The Morgan fingerprint density at radius 1 is 1.30 bits per heavy atom. The van der Waals surface area contributed by atoms with Gasteiger partial charge in [-0.1, -0.05) is 12.1 Å². The van der Waals surface area contributed by atoms with Crippen molar-refractivity contribution in [1.29, 1.82) is 0 Å². The Hall–Kier alpha value is -1.79. The van der Waals surface area contributed by atoms with E-state index in [2.05, 4.69) is 36.4 Å². The number of carbonyl (C=O) groups is 1. The van der Waals surface area contributed by atoms with E-state index in [-0.39, 0.29) is 18.3 Å². The van der Waals surface area contributed by atoms with Crippen LogP contribution in [0.25, 0.3) is 0 Å². The molecule has 2 N–H and O–H groups in total. The number of rotatable bonds is 3. The van der Waals surface area contributed by atoms with Gasteiger partial charge in [0.1, 0.15) is 5.82 Å². The van der Waals surface area contributed by atoms with Gasteiger partial charge in [-0.2, -0.15) is 0 Å². The summed E-state index contributed by atoms with van der Waals surface area (Å²) in [7, 11) is 0. The van der Waals surface area contributed by atoms with Crippen LogP contribution in [0.2, 0.25) is 0 Å². The predicted octanol–water partition coefficient (Wildman–Crippen LogP) is 3.53. The molecule has 2 aromatic rings. The van der Waals surface area contributed by atoms with Crippen LogP contribution in [-0.4, -0.2) is 30.5 Å². The summed E-state index contributed by atoms with van der Waals surface area (Å²) < 4.78 is 0.887. The lowest BCUT2D eigenvalue weighted by Crippen LogP contribution is -2.33. The number of aromatic nitrogens is 1. The first-order chi connectivity index (χ1) is 10.7. The van der Waals surface area contributed by atoms with Crippen molar-refractivity contribution in [3.05, 3.63) is 47.1 Å². The molecule has 23 heavy (non-hydrogen) atoms. The number of hydrogen-bond acceptors (Lipinski definition) is 4. The largest absolute Gasteiger partial charge is 0.383 e. The van der Waals surface area contributed by atoms with Crippen LogP contribution in [0.1, 0.15) is 6.42 Å². The van der Waals surface area contributed by atoms with Gasteiger partial charge in [-0.25, -0.2) is 4.98 Å². The minimum absolute atomic E-state index is 0. The summed E-state index contributed by atoms with van der Waals surface area (Å²) in [5, 5.41) is 6.23. The highest BCUT2D eigenvalue weighted by Gasteiger charge is 2.17. The molecule has 0 bridgehead atoms. The standard InChI is InChI=1S/C16H17BrN4O.ClH/c17-12-6-7-15(19-10-12)20-16(22)11-21-9-3-8-18-13-4-1-2-5-14(13)21;/h1-2,4-7,10,18H,3,8-9,11H2,(H,19,20,22);1H. The second-order valence-electron chi connectivity index (χ2n) is 5.13. The number of halogens is 2. The van der Waals surface area contributed by atoms with Gasteiger partial charge < -0.3 is 15.5 Å². The topological polar surface area (TPSA) is 57.3 Å². The van der Waals surface area contributed by atoms with Crippen molar-refractivity contribution >= 4 is 51.4 Å². The molecule has 1 aliphatic rings. The molecule has 0 atom stereocenters. The zero-order chi connectivity index (χ0) is 15.4. The first-order valence-corrected chi connectivity index (χ1v) is 8.01. The molecule has 0 radical (unpaired) electrons. The number of hydrogen-bond donors (Lipinski definition) is 2. The summed E-state index contributed by atoms with van der Waals surface area (Å²) in [5.41, 5.74) is 2.15. The zero-order valence-corrected chi connectivity index (χ0v) is 14.9. The minimum atomic E-state index is -0.0634. The molecule has 0 unspecified atom stereocenters. The van der Waals surface area contributed by atoms with Crippen molar-refractivity contribution in [2.45, 2.75) is 6.42 Å². The van der Waals surface area contributed by atoms with Gasteiger partial charge in [0.2, 0.25) is 5.91 Å². The molecule has 1 aromatic carbocycles. The summed E-state index contributed by atoms with van der Waals surface area (Å²) in [6.45, 7) is 2.09. The van der Waals surface area contributed by atoms with Gasteiger partial charge in [0.15, 0.2) is 0 Å². The van der Waals surface area contributed by atoms with Crippen LogP contribution in [-0.2, 0) is 4.79 Å². The number of amides is 1. The average molecular weight is 398 g/mol. The lowest BCUT2D eigenvalue weighted by atomic mass is 10.2. The van der Waals surface area contributed by atoms with Crippen molar-refractivity contribution in [3.8, 4) is 0 Å². The Morgan fingerprint density at radius 2 is 2.13 bits per heavy atom. The molecule has 0 aliphatic carbocycles. The SMILES string of the molecule is Cl.O=C(CN1CCCNc2ccccc21)Nc1ccc(Br)cn1. The van der Waals surface area contributed by atoms with Gasteiger partial charge in [0.05, 0.1) is 17.9 Å². The summed E-state index contributed by atoms with van der Waals surface area (Å²) >= 11 is 3.33. The number of anilines is 3. The van der Waals surface area contributed by atoms with E-state index < -0.39 is 0 Å². The normalized spacial score (nSPS) is 13.2. The van der Waals surface area contributed by atoms with E-state index in [4.69, 9.17) is 0 Å². The fourth-order valence-corrected chi connectivity index (χ4v) is 2.72. The van der Waals surface area contributed by atoms with Crippen LogP contribution in [0, 0.1) is 0 Å². The molecule has 3 rings (SSSR count). The molecular weight excluding hydrogens is 380 g/mol. The van der Waals surface area contributed by atoms with E-state index in [1.54, 1.807) is 12.3 Å². The first kappa shape index (κ1) is 17.6. The third-order valence-corrected chi connectivity index (χ3v) is 3.96. The van der Waals surface area contributed by atoms with Gasteiger partial charge >= 0.3 is 0 Å². The van der Waals surface area contributed by atoms with Gasteiger partial charge in [-0.15, -0.1) is 12.4 Å². The predicted molar refractivity (Wildman–Crippen MR) is 99.6 cm³/mol. The molecule has 0 saturated heterocycles. The molecule has 0 saturated carbocycles. The van der Waals surface area contributed by atoms with Crippen LogP contribution in [0.15, 0.2) is 47.1 Å². The highest BCUT2D eigenvalue weighted by atomic mass is 79.9. The lowest BCUT2D eigenvalue weighted by Gasteiger charge is -2.23. The number of para-hydroxylation sites is 2. The number of benzene rings is 1. The van der Waals surface area contributed by atoms with Crippen LogP contribution < -0.4 is 15.5 Å². The number of nitrogens with zero attached hydrogens (tertiary/aromatic N) is 2. The van der Waals surface area contributed by atoms with E-state index in [1.807, 2.05) is 30.3 Å². The third-order valence-electron chi connectivity index (χ3n) is 3.49. The van der Waals surface area contributed by atoms with Gasteiger partial charge in [0, 0.05) is 23.8 Å². The van der Waals surface area contributed by atoms with Gasteiger partial charge in [-0.3, -0.25) is 4.79 Å². The fourth-order valence-electron chi connectivity index (χ4n) is 2.48. The number of nitrogens with one attached hydrogen (secondary N) is 2. The van der Waals surface area contributed by atoms with E-state index in [1.165, 1.54) is 0 Å². The molecule has 7 heteroatoms. The summed E-state index contributed by atoms with van der Waals surface area (Å²) in [4.78, 5) is 18.5. The van der Waals surface area contributed by atoms with E-state index in [9.17, 15) is 4.79 Å². The van der Waals surface area contributed by atoms with Crippen molar-refractivity contribution < 1.29 is 4.79 Å². The summed E-state index contributed by atoms with van der Waals surface area (Å²) in [6, 6.07) is 11.7. The van der Waals surface area contributed by atoms with Crippen molar-refractivity contribution in [1.82, 2.24) is 4.98 Å². The van der Waals surface area contributed by atoms with Crippen LogP contribution >= 0.6 is 28.3 Å². The van der Waals surface area contributed by atoms with E-state index in [0.29, 0.717) is 12.4 Å². The molecule has 122 valence electrons. The number of pyridine rings is 1. The summed E-state index contributed by atoms with van der Waals surface area (Å²) in [5.74, 6) is 0.501. The van der Waals surface area contributed by atoms with Crippen molar-refractivity contribution in [3.63, 3.8) is 0 Å². The Kier molecular flexibility index (Phi) is 6.24. The van der Waals surface area contributed by atoms with E-state index in [0.717, 1.165) is 35.4 Å². The highest BCUT2D eigenvalue weighted by molar-refractivity contribution is 9.10. The van der Waals surface area contributed by atoms with Crippen molar-refractivity contribution in [2.24, 2.45) is 0 Å². The Labute approximate surface area is 150 Å². The monoisotopic (exact) mass is 396 g/mol. The molecule has 0 fully saturated rings. The highest BCUT2D eigenvalue weighted by Crippen LogP contribution is 2.27. The number of carbonyl (C=O) groups excluding carboxylic acids is 1. The fraction of sp³-hybridized carbons (Fsp3) is 0.250. The van der Waals surface area contributed by atoms with E-state index >= 15 is 0 Å². The maximum atomic E-state index is 12.3. The molecule has 1 aliphatic heterocycles. The maximum absolute atomic E-state index is 12.3. The third kappa shape index (κ3) is 4.59. The quantitative estimate of drug-likeness (QED) is 0.832. The van der Waals surface area contributed by atoms with Gasteiger partial charge in [0.25, 0.3) is 0 Å².